The molecule has 0 amide bonds. The lowest BCUT2D eigenvalue weighted by Gasteiger charge is -2.53. The van der Waals surface area contributed by atoms with E-state index < -0.39 is 5.60 Å². The fourth-order valence-corrected chi connectivity index (χ4v) is 6.81. The standard InChI is InChI=1S/C22H30O2/c1-21-10-8-18-17-7-5-16(23)12-15(17)4-6-19(18)20(21)9-11-22(21,24)13-14-2-3-14/h5,7,12,14,18-20,23-24H,2-4,6,8-11,13H2,1H3/t18-,19-,20+,21+,22-/m1/s1. The van der Waals surface area contributed by atoms with Gasteiger partial charge in [0.15, 0.2) is 0 Å². The van der Waals surface area contributed by atoms with E-state index in [0.717, 1.165) is 31.1 Å². The number of hydrogen-bond donors (Lipinski definition) is 2. The summed E-state index contributed by atoms with van der Waals surface area (Å²) >= 11 is 0. The Hall–Kier alpha value is -1.02. The first-order valence-electron chi connectivity index (χ1n) is 10.0. The van der Waals surface area contributed by atoms with E-state index in [1.807, 2.05) is 12.1 Å². The van der Waals surface area contributed by atoms with Crippen LogP contribution >= 0.6 is 0 Å². The quantitative estimate of drug-likeness (QED) is 0.821. The van der Waals surface area contributed by atoms with E-state index >= 15 is 0 Å². The number of aliphatic hydroxyl groups is 1. The molecule has 0 aromatic heterocycles. The summed E-state index contributed by atoms with van der Waals surface area (Å²) in [6.07, 6.45) is 10.7. The Morgan fingerprint density at radius 1 is 1.08 bits per heavy atom. The second-order valence-electron chi connectivity index (χ2n) is 9.47. The molecule has 24 heavy (non-hydrogen) atoms. The molecule has 0 aliphatic heterocycles. The van der Waals surface area contributed by atoms with Gasteiger partial charge >= 0.3 is 0 Å². The minimum Gasteiger partial charge on any atom is -0.508 e. The van der Waals surface area contributed by atoms with Crippen LogP contribution in [0.25, 0.3) is 0 Å². The molecule has 3 fully saturated rings. The SMILES string of the molecule is C[C@]12CC[C@@H]3c4ccc(O)cc4CC[C@H]3[C@@H]1CC[C@@]2(O)CC1CC1. The van der Waals surface area contributed by atoms with Crippen LogP contribution in [0.3, 0.4) is 0 Å². The lowest BCUT2D eigenvalue weighted by Crippen LogP contribution is -2.51. The van der Waals surface area contributed by atoms with E-state index in [4.69, 9.17) is 0 Å². The summed E-state index contributed by atoms with van der Waals surface area (Å²) in [6.45, 7) is 2.41. The number of aromatic hydroxyl groups is 1. The minimum atomic E-state index is -0.404. The predicted molar refractivity (Wildman–Crippen MR) is 95.0 cm³/mol. The fourth-order valence-electron chi connectivity index (χ4n) is 6.81. The fraction of sp³-hybridized carbons (Fsp3) is 0.727. The summed E-state index contributed by atoms with van der Waals surface area (Å²) in [5.74, 6) is 3.28. The maximum absolute atomic E-state index is 11.5. The van der Waals surface area contributed by atoms with Gasteiger partial charge in [0.25, 0.3) is 0 Å². The Bertz CT molecular complexity index is 664. The van der Waals surface area contributed by atoms with Crippen LogP contribution in [-0.2, 0) is 6.42 Å². The van der Waals surface area contributed by atoms with Gasteiger partial charge in [-0.1, -0.05) is 25.8 Å². The maximum atomic E-state index is 11.5. The summed E-state index contributed by atoms with van der Waals surface area (Å²) in [5, 5.41) is 21.3. The highest BCUT2D eigenvalue weighted by atomic mass is 16.3. The molecule has 4 aliphatic rings. The van der Waals surface area contributed by atoms with Gasteiger partial charge in [0.1, 0.15) is 5.75 Å². The Morgan fingerprint density at radius 2 is 1.92 bits per heavy atom. The number of aryl methyl sites for hydroxylation is 1. The summed E-state index contributed by atoms with van der Waals surface area (Å²) in [6, 6.07) is 6.03. The van der Waals surface area contributed by atoms with Crippen LogP contribution in [0.4, 0.5) is 0 Å². The Kier molecular flexibility index (Phi) is 3.18. The molecule has 0 bridgehead atoms. The molecule has 2 heteroatoms. The average Bonchev–Trinajstić information content (AvgIpc) is 3.32. The van der Waals surface area contributed by atoms with E-state index in [1.54, 1.807) is 0 Å². The van der Waals surface area contributed by atoms with Gasteiger partial charge in [-0.25, -0.2) is 0 Å². The third-order valence-electron chi connectivity index (χ3n) is 8.36. The van der Waals surface area contributed by atoms with Crippen molar-refractivity contribution in [1.29, 1.82) is 0 Å². The van der Waals surface area contributed by atoms with Gasteiger partial charge in [0.2, 0.25) is 0 Å². The van der Waals surface area contributed by atoms with Gasteiger partial charge < -0.3 is 10.2 Å². The molecule has 0 radical (unpaired) electrons. The van der Waals surface area contributed by atoms with Gasteiger partial charge in [-0.15, -0.1) is 0 Å². The van der Waals surface area contributed by atoms with Crippen molar-refractivity contribution in [3.05, 3.63) is 29.3 Å². The molecule has 0 heterocycles. The van der Waals surface area contributed by atoms with E-state index in [-0.39, 0.29) is 5.41 Å². The first-order valence-corrected chi connectivity index (χ1v) is 10.0. The molecule has 5 rings (SSSR count). The zero-order valence-electron chi connectivity index (χ0n) is 14.8. The first-order chi connectivity index (χ1) is 11.5. The zero-order valence-corrected chi connectivity index (χ0v) is 14.8. The Morgan fingerprint density at radius 3 is 2.71 bits per heavy atom. The van der Waals surface area contributed by atoms with Gasteiger partial charge in [-0.2, -0.15) is 0 Å². The molecule has 2 N–H and O–H groups in total. The molecule has 4 aliphatic carbocycles. The van der Waals surface area contributed by atoms with Gasteiger partial charge in [-0.3, -0.25) is 0 Å². The van der Waals surface area contributed by atoms with Crippen molar-refractivity contribution >= 4 is 0 Å². The van der Waals surface area contributed by atoms with Crippen LogP contribution in [0.1, 0.15) is 75.3 Å². The minimum absolute atomic E-state index is 0.130. The topological polar surface area (TPSA) is 40.5 Å². The molecular formula is C22H30O2. The molecule has 0 unspecified atom stereocenters. The largest absolute Gasteiger partial charge is 0.508 e. The summed E-state index contributed by atoms with van der Waals surface area (Å²) in [7, 11) is 0. The van der Waals surface area contributed by atoms with Crippen molar-refractivity contribution in [1.82, 2.24) is 0 Å². The smallest absolute Gasteiger partial charge is 0.115 e. The summed E-state index contributed by atoms with van der Waals surface area (Å²) < 4.78 is 0. The molecule has 2 nitrogen and oxygen atoms in total. The molecule has 0 spiro atoms. The van der Waals surface area contributed by atoms with Gasteiger partial charge in [-0.05, 0) is 97.3 Å². The van der Waals surface area contributed by atoms with E-state index in [1.165, 1.54) is 49.7 Å². The van der Waals surface area contributed by atoms with E-state index in [0.29, 0.717) is 17.6 Å². The van der Waals surface area contributed by atoms with Gasteiger partial charge in [0.05, 0.1) is 5.60 Å². The Balaban J connectivity index is 1.47. The van der Waals surface area contributed by atoms with Crippen molar-refractivity contribution in [3.8, 4) is 5.75 Å². The number of benzene rings is 1. The molecular weight excluding hydrogens is 296 g/mol. The number of fused-ring (bicyclic) bond motifs is 5. The number of rotatable bonds is 2. The highest BCUT2D eigenvalue weighted by molar-refractivity contribution is 5.40. The summed E-state index contributed by atoms with van der Waals surface area (Å²) in [5.41, 5.74) is 2.58. The van der Waals surface area contributed by atoms with Crippen molar-refractivity contribution in [2.75, 3.05) is 0 Å². The molecule has 5 atom stereocenters. The monoisotopic (exact) mass is 326 g/mol. The number of phenolic OH excluding ortho intramolecular Hbond substituents is 1. The van der Waals surface area contributed by atoms with Crippen LogP contribution in [0.15, 0.2) is 18.2 Å². The van der Waals surface area contributed by atoms with Crippen LogP contribution in [-0.4, -0.2) is 15.8 Å². The second kappa shape index (κ2) is 5.00. The zero-order chi connectivity index (χ0) is 16.5. The van der Waals surface area contributed by atoms with Crippen molar-refractivity contribution in [2.45, 2.75) is 76.2 Å². The highest BCUT2D eigenvalue weighted by Crippen LogP contribution is 2.66. The Labute approximate surface area is 145 Å². The molecule has 0 saturated heterocycles. The normalized spacial score (nSPS) is 43.8. The number of hydrogen-bond acceptors (Lipinski definition) is 2. The van der Waals surface area contributed by atoms with Crippen LogP contribution in [0, 0.1) is 23.2 Å². The van der Waals surface area contributed by atoms with Crippen molar-refractivity contribution in [3.63, 3.8) is 0 Å². The average molecular weight is 326 g/mol. The molecule has 3 saturated carbocycles. The van der Waals surface area contributed by atoms with Crippen LogP contribution < -0.4 is 0 Å². The van der Waals surface area contributed by atoms with Gasteiger partial charge in [0, 0.05) is 0 Å². The third kappa shape index (κ3) is 2.05. The molecule has 130 valence electrons. The molecule has 1 aromatic carbocycles. The number of phenols is 1. The van der Waals surface area contributed by atoms with Crippen LogP contribution in [0.5, 0.6) is 5.75 Å². The lowest BCUT2D eigenvalue weighted by atomic mass is 9.53. The second-order valence-corrected chi connectivity index (χ2v) is 9.47. The van der Waals surface area contributed by atoms with Crippen molar-refractivity contribution < 1.29 is 10.2 Å². The van der Waals surface area contributed by atoms with E-state index in [9.17, 15) is 10.2 Å². The predicted octanol–water partition coefficient (Wildman–Crippen LogP) is 4.78. The summed E-state index contributed by atoms with van der Waals surface area (Å²) in [4.78, 5) is 0. The molecule has 1 aromatic rings. The van der Waals surface area contributed by atoms with Crippen LogP contribution in [0.2, 0.25) is 0 Å². The maximum Gasteiger partial charge on any atom is 0.115 e. The first kappa shape index (κ1) is 15.3. The van der Waals surface area contributed by atoms with E-state index in [2.05, 4.69) is 13.0 Å². The third-order valence-corrected chi connectivity index (χ3v) is 8.36. The lowest BCUT2D eigenvalue weighted by molar-refractivity contribution is -0.110. The van der Waals surface area contributed by atoms with Crippen molar-refractivity contribution in [2.24, 2.45) is 23.2 Å². The highest BCUT2D eigenvalue weighted by Gasteiger charge is 2.62.